The number of rotatable bonds is 5. The van der Waals surface area contributed by atoms with Gasteiger partial charge >= 0.3 is 0 Å². The van der Waals surface area contributed by atoms with E-state index in [9.17, 15) is 0 Å². The third-order valence-electron chi connectivity index (χ3n) is 2.49. The Bertz CT molecular complexity index is 455. The predicted molar refractivity (Wildman–Crippen MR) is 70.8 cm³/mol. The van der Waals surface area contributed by atoms with Crippen LogP contribution in [0.1, 0.15) is 10.6 Å². The van der Waals surface area contributed by atoms with Crippen LogP contribution in [0.3, 0.4) is 0 Å². The van der Waals surface area contributed by atoms with Crippen molar-refractivity contribution in [3.8, 4) is 0 Å². The van der Waals surface area contributed by atoms with E-state index in [4.69, 9.17) is 5.73 Å². The average Bonchev–Trinajstić information content (AvgIpc) is 2.74. The molecule has 0 aliphatic rings. The molecule has 1 heterocycles. The Morgan fingerprint density at radius 2 is 2.00 bits per heavy atom. The highest BCUT2D eigenvalue weighted by Crippen LogP contribution is 2.12. The first-order valence-corrected chi connectivity index (χ1v) is 6.36. The molecule has 0 amide bonds. The number of nitrogen functional groups attached to an aromatic ring is 1. The van der Waals surface area contributed by atoms with Crippen LogP contribution in [0.4, 0.5) is 5.13 Å². The summed E-state index contributed by atoms with van der Waals surface area (Å²) in [4.78, 5) is 2.27. The third kappa shape index (κ3) is 3.80. The molecule has 0 saturated heterocycles. The van der Waals surface area contributed by atoms with Crippen molar-refractivity contribution in [1.29, 1.82) is 0 Å². The Kier molecular flexibility index (Phi) is 4.06. The molecule has 0 atom stereocenters. The van der Waals surface area contributed by atoms with Crippen LogP contribution in [0.25, 0.3) is 0 Å². The number of hydrogen-bond acceptors (Lipinski definition) is 5. The van der Waals surface area contributed by atoms with Crippen LogP contribution in [0.2, 0.25) is 0 Å². The molecule has 1 aromatic heterocycles. The number of hydrogen-bond donors (Lipinski definition) is 1. The first-order chi connectivity index (χ1) is 8.24. The Hall–Kier alpha value is -1.46. The van der Waals surface area contributed by atoms with Gasteiger partial charge in [-0.15, -0.1) is 10.2 Å². The number of aromatic nitrogens is 2. The van der Waals surface area contributed by atoms with Crippen molar-refractivity contribution in [1.82, 2.24) is 15.1 Å². The minimum absolute atomic E-state index is 0.547. The molecule has 90 valence electrons. The van der Waals surface area contributed by atoms with Crippen molar-refractivity contribution >= 4 is 16.5 Å². The van der Waals surface area contributed by atoms with Gasteiger partial charge in [-0.3, -0.25) is 0 Å². The van der Waals surface area contributed by atoms with Crippen molar-refractivity contribution in [3.05, 3.63) is 40.9 Å². The SMILES string of the molecule is CN(CCc1nnc(N)s1)Cc1ccccc1. The molecule has 0 bridgehead atoms. The highest BCUT2D eigenvalue weighted by Gasteiger charge is 2.04. The summed E-state index contributed by atoms with van der Waals surface area (Å²) >= 11 is 1.46. The number of anilines is 1. The maximum Gasteiger partial charge on any atom is 0.203 e. The number of benzene rings is 1. The molecule has 2 aromatic rings. The number of nitrogens with zero attached hydrogens (tertiary/aromatic N) is 3. The Morgan fingerprint density at radius 1 is 1.24 bits per heavy atom. The lowest BCUT2D eigenvalue weighted by molar-refractivity contribution is 0.331. The monoisotopic (exact) mass is 248 g/mol. The summed E-state index contributed by atoms with van der Waals surface area (Å²) in [6, 6.07) is 10.4. The molecule has 0 radical (unpaired) electrons. The van der Waals surface area contributed by atoms with Gasteiger partial charge in [0.05, 0.1) is 0 Å². The Morgan fingerprint density at radius 3 is 2.65 bits per heavy atom. The van der Waals surface area contributed by atoms with Gasteiger partial charge in [-0.25, -0.2) is 0 Å². The smallest absolute Gasteiger partial charge is 0.203 e. The largest absolute Gasteiger partial charge is 0.374 e. The van der Waals surface area contributed by atoms with Crippen molar-refractivity contribution in [2.75, 3.05) is 19.3 Å². The molecule has 2 N–H and O–H groups in total. The molecule has 0 aliphatic carbocycles. The van der Waals surface area contributed by atoms with Crippen LogP contribution in [-0.4, -0.2) is 28.7 Å². The fraction of sp³-hybridized carbons (Fsp3) is 0.333. The van der Waals surface area contributed by atoms with Gasteiger partial charge < -0.3 is 10.6 Å². The van der Waals surface area contributed by atoms with Crippen molar-refractivity contribution < 1.29 is 0 Å². The van der Waals surface area contributed by atoms with Crippen LogP contribution in [-0.2, 0) is 13.0 Å². The summed E-state index contributed by atoms with van der Waals surface area (Å²) in [5, 5.41) is 9.37. The highest BCUT2D eigenvalue weighted by molar-refractivity contribution is 7.15. The predicted octanol–water partition coefficient (Wildman–Crippen LogP) is 1.79. The first kappa shape index (κ1) is 12.0. The van der Waals surface area contributed by atoms with Crippen LogP contribution in [0.15, 0.2) is 30.3 Å². The van der Waals surface area contributed by atoms with Gasteiger partial charge in [0.2, 0.25) is 5.13 Å². The van der Waals surface area contributed by atoms with Gasteiger partial charge in [-0.2, -0.15) is 0 Å². The highest BCUT2D eigenvalue weighted by atomic mass is 32.1. The number of nitrogens with two attached hydrogens (primary N) is 1. The second-order valence-corrected chi connectivity index (χ2v) is 5.10. The van der Waals surface area contributed by atoms with Crippen LogP contribution >= 0.6 is 11.3 Å². The van der Waals surface area contributed by atoms with Crippen molar-refractivity contribution in [2.45, 2.75) is 13.0 Å². The van der Waals surface area contributed by atoms with Gasteiger partial charge in [0, 0.05) is 19.5 Å². The van der Waals surface area contributed by atoms with Crippen molar-refractivity contribution in [3.63, 3.8) is 0 Å². The molecule has 0 aliphatic heterocycles. The van der Waals surface area contributed by atoms with E-state index in [-0.39, 0.29) is 0 Å². The van der Waals surface area contributed by atoms with Crippen LogP contribution in [0.5, 0.6) is 0 Å². The fourth-order valence-electron chi connectivity index (χ4n) is 1.63. The van der Waals surface area contributed by atoms with Crippen molar-refractivity contribution in [2.24, 2.45) is 0 Å². The molecule has 0 spiro atoms. The summed E-state index contributed by atoms with van der Waals surface area (Å²) in [6.07, 6.45) is 0.901. The second kappa shape index (κ2) is 5.75. The molecule has 0 unspecified atom stereocenters. The average molecular weight is 248 g/mol. The van der Waals surface area contributed by atoms with E-state index in [1.807, 2.05) is 6.07 Å². The van der Waals surface area contributed by atoms with Gasteiger partial charge in [0.1, 0.15) is 5.01 Å². The summed E-state index contributed by atoms with van der Waals surface area (Å²) in [5.41, 5.74) is 6.87. The minimum Gasteiger partial charge on any atom is -0.374 e. The zero-order chi connectivity index (χ0) is 12.1. The normalized spacial score (nSPS) is 10.9. The molecule has 17 heavy (non-hydrogen) atoms. The summed E-state index contributed by atoms with van der Waals surface area (Å²) < 4.78 is 0. The Labute approximate surface area is 105 Å². The van der Waals surface area contributed by atoms with E-state index in [1.54, 1.807) is 0 Å². The quantitative estimate of drug-likeness (QED) is 0.876. The zero-order valence-corrected chi connectivity index (χ0v) is 10.7. The maximum atomic E-state index is 5.54. The van der Waals surface area contributed by atoms with E-state index in [1.165, 1.54) is 16.9 Å². The van der Waals surface area contributed by atoms with E-state index < -0.39 is 0 Å². The molecule has 2 rings (SSSR count). The van der Waals surface area contributed by atoms with E-state index in [2.05, 4.69) is 46.4 Å². The Balaban J connectivity index is 1.80. The summed E-state index contributed by atoms with van der Waals surface area (Å²) in [7, 11) is 2.11. The van der Waals surface area contributed by atoms with Gasteiger partial charge in [0.15, 0.2) is 0 Å². The van der Waals surface area contributed by atoms with E-state index in [0.29, 0.717) is 5.13 Å². The zero-order valence-electron chi connectivity index (χ0n) is 9.84. The topological polar surface area (TPSA) is 55.0 Å². The molecule has 0 fully saturated rings. The van der Waals surface area contributed by atoms with E-state index >= 15 is 0 Å². The third-order valence-corrected chi connectivity index (χ3v) is 3.30. The number of likely N-dealkylation sites (N-methyl/N-ethyl adjacent to an activating group) is 1. The van der Waals surface area contributed by atoms with Crippen LogP contribution in [0, 0.1) is 0 Å². The molecule has 1 aromatic carbocycles. The lowest BCUT2D eigenvalue weighted by Gasteiger charge is -2.15. The molecule has 0 saturated carbocycles. The second-order valence-electron chi connectivity index (χ2n) is 4.01. The minimum atomic E-state index is 0.547. The van der Waals surface area contributed by atoms with Gasteiger partial charge in [0.25, 0.3) is 0 Å². The van der Waals surface area contributed by atoms with Crippen LogP contribution < -0.4 is 5.73 Å². The molecule has 5 heteroatoms. The first-order valence-electron chi connectivity index (χ1n) is 5.54. The van der Waals surface area contributed by atoms with Gasteiger partial charge in [-0.1, -0.05) is 41.7 Å². The molecular formula is C12H16N4S. The maximum absolute atomic E-state index is 5.54. The lowest BCUT2D eigenvalue weighted by Crippen LogP contribution is -2.20. The summed E-state index contributed by atoms with van der Waals surface area (Å²) in [5.74, 6) is 0. The lowest BCUT2D eigenvalue weighted by atomic mass is 10.2. The molecular weight excluding hydrogens is 232 g/mol. The van der Waals surface area contributed by atoms with E-state index in [0.717, 1.165) is 24.5 Å². The van der Waals surface area contributed by atoms with Gasteiger partial charge in [-0.05, 0) is 12.6 Å². The molecule has 4 nitrogen and oxygen atoms in total. The fourth-order valence-corrected chi connectivity index (χ4v) is 2.23. The standard InChI is InChI=1S/C12H16N4S/c1-16(9-10-5-3-2-4-6-10)8-7-11-14-15-12(13)17-11/h2-6H,7-9H2,1H3,(H2,13,15). The summed E-state index contributed by atoms with van der Waals surface area (Å²) in [6.45, 7) is 1.92.